The molecule has 0 aliphatic rings. The normalized spacial score (nSPS) is 11.6. The third-order valence-electron chi connectivity index (χ3n) is 4.23. The van der Waals surface area contributed by atoms with Crippen LogP contribution < -0.4 is 4.72 Å². The molecule has 0 amide bonds. The van der Waals surface area contributed by atoms with Crippen molar-refractivity contribution in [1.29, 1.82) is 0 Å². The highest BCUT2D eigenvalue weighted by molar-refractivity contribution is 7.89. The monoisotopic (exact) mass is 443 g/mol. The highest BCUT2D eigenvalue weighted by atomic mass is 32.2. The number of ketones is 1. The SMILES string of the molecule is O=C(O)CCNS(=O)(=O)c1ccc(C(=O)/C=C/c2ccc(-c3ccc(F)cc3)o2)cc1. The van der Waals surface area contributed by atoms with Crippen LogP contribution in [0, 0.1) is 5.82 Å². The number of furan rings is 1. The van der Waals surface area contributed by atoms with Crippen molar-refractivity contribution in [1.82, 2.24) is 4.72 Å². The van der Waals surface area contributed by atoms with Gasteiger partial charge in [-0.2, -0.15) is 0 Å². The summed E-state index contributed by atoms with van der Waals surface area (Å²) in [6.07, 6.45) is 2.44. The summed E-state index contributed by atoms with van der Waals surface area (Å²) in [6.45, 7) is -0.232. The lowest BCUT2D eigenvalue weighted by molar-refractivity contribution is -0.136. The van der Waals surface area contributed by atoms with Crippen molar-refractivity contribution in [2.75, 3.05) is 6.54 Å². The Kier molecular flexibility index (Phi) is 6.78. The van der Waals surface area contributed by atoms with E-state index >= 15 is 0 Å². The zero-order chi connectivity index (χ0) is 22.4. The Labute approximate surface area is 177 Å². The second-order valence-electron chi connectivity index (χ2n) is 6.47. The van der Waals surface area contributed by atoms with Crippen LogP contribution in [0.1, 0.15) is 22.5 Å². The molecule has 7 nitrogen and oxygen atoms in total. The summed E-state index contributed by atoms with van der Waals surface area (Å²) < 4.78 is 45.0. The Morgan fingerprint density at radius 2 is 1.68 bits per heavy atom. The molecule has 0 saturated carbocycles. The number of carbonyl (C=O) groups excluding carboxylic acids is 1. The molecule has 160 valence electrons. The average molecular weight is 443 g/mol. The largest absolute Gasteiger partial charge is 0.481 e. The first-order valence-corrected chi connectivity index (χ1v) is 10.6. The number of sulfonamides is 1. The van der Waals surface area contributed by atoms with Gasteiger partial charge in [0.2, 0.25) is 10.0 Å². The molecule has 0 spiro atoms. The quantitative estimate of drug-likeness (QED) is 0.385. The maximum atomic E-state index is 13.0. The summed E-state index contributed by atoms with van der Waals surface area (Å²) in [5.41, 5.74) is 0.965. The van der Waals surface area contributed by atoms with E-state index in [2.05, 4.69) is 4.72 Å². The van der Waals surface area contributed by atoms with Crippen LogP contribution in [-0.4, -0.2) is 31.8 Å². The van der Waals surface area contributed by atoms with E-state index in [-0.39, 0.29) is 35.0 Å². The summed E-state index contributed by atoms with van der Waals surface area (Å²) in [6, 6.07) is 14.4. The number of carboxylic acid groups (broad SMARTS) is 1. The molecule has 0 bridgehead atoms. The number of rotatable bonds is 9. The zero-order valence-electron chi connectivity index (χ0n) is 16.1. The van der Waals surface area contributed by atoms with Gasteiger partial charge in [0.1, 0.15) is 17.3 Å². The predicted octanol–water partition coefficient (Wildman–Crippen LogP) is 3.73. The van der Waals surface area contributed by atoms with Gasteiger partial charge < -0.3 is 9.52 Å². The van der Waals surface area contributed by atoms with Gasteiger partial charge in [-0.15, -0.1) is 0 Å². The number of benzene rings is 2. The van der Waals surface area contributed by atoms with Gasteiger partial charge in [-0.05, 0) is 72.8 Å². The first kappa shape index (κ1) is 22.1. The molecular weight excluding hydrogens is 425 g/mol. The fourth-order valence-corrected chi connectivity index (χ4v) is 3.67. The molecule has 9 heteroatoms. The molecule has 1 heterocycles. The Bertz CT molecular complexity index is 1210. The summed E-state index contributed by atoms with van der Waals surface area (Å²) in [7, 11) is -3.86. The van der Waals surface area contributed by atoms with Gasteiger partial charge in [-0.1, -0.05) is 0 Å². The molecule has 31 heavy (non-hydrogen) atoms. The van der Waals surface area contributed by atoms with Crippen LogP contribution in [0.25, 0.3) is 17.4 Å². The smallest absolute Gasteiger partial charge is 0.304 e. The van der Waals surface area contributed by atoms with Crippen LogP contribution in [0.2, 0.25) is 0 Å². The van der Waals surface area contributed by atoms with Gasteiger partial charge >= 0.3 is 5.97 Å². The molecule has 0 aliphatic heterocycles. The Balaban J connectivity index is 1.65. The van der Waals surface area contributed by atoms with Crippen LogP contribution in [0.15, 0.2) is 76.1 Å². The van der Waals surface area contributed by atoms with Crippen molar-refractivity contribution in [3.05, 3.63) is 83.9 Å². The zero-order valence-corrected chi connectivity index (χ0v) is 16.9. The van der Waals surface area contributed by atoms with Gasteiger partial charge in [0.05, 0.1) is 11.3 Å². The highest BCUT2D eigenvalue weighted by Gasteiger charge is 2.14. The lowest BCUT2D eigenvalue weighted by Crippen LogP contribution is -2.26. The summed E-state index contributed by atoms with van der Waals surface area (Å²) in [5.74, 6) is -0.873. The van der Waals surface area contributed by atoms with E-state index in [4.69, 9.17) is 9.52 Å². The van der Waals surface area contributed by atoms with Gasteiger partial charge in [0.15, 0.2) is 5.78 Å². The maximum Gasteiger partial charge on any atom is 0.304 e. The molecule has 2 aromatic carbocycles. The topological polar surface area (TPSA) is 114 Å². The lowest BCUT2D eigenvalue weighted by atomic mass is 10.1. The van der Waals surface area contributed by atoms with Crippen LogP contribution in [0.5, 0.6) is 0 Å². The Morgan fingerprint density at radius 3 is 2.32 bits per heavy atom. The molecule has 0 radical (unpaired) electrons. The Hall–Kier alpha value is -3.56. The summed E-state index contributed by atoms with van der Waals surface area (Å²) >= 11 is 0. The van der Waals surface area contributed by atoms with Crippen molar-refractivity contribution >= 4 is 27.9 Å². The molecule has 3 rings (SSSR count). The molecule has 0 fully saturated rings. The van der Waals surface area contributed by atoms with Crippen molar-refractivity contribution in [2.24, 2.45) is 0 Å². The number of carboxylic acids is 1. The molecule has 0 saturated heterocycles. The number of nitrogens with one attached hydrogen (secondary N) is 1. The molecule has 0 unspecified atom stereocenters. The molecule has 3 aromatic rings. The number of hydrogen-bond acceptors (Lipinski definition) is 5. The van der Waals surface area contributed by atoms with E-state index in [1.807, 2.05) is 0 Å². The first-order chi connectivity index (χ1) is 14.7. The number of allylic oxidation sites excluding steroid dienone is 1. The molecule has 1 aromatic heterocycles. The van der Waals surface area contributed by atoms with E-state index in [0.717, 1.165) is 0 Å². The highest BCUT2D eigenvalue weighted by Crippen LogP contribution is 2.23. The number of halogens is 1. The first-order valence-electron chi connectivity index (χ1n) is 9.14. The summed E-state index contributed by atoms with van der Waals surface area (Å²) in [5, 5.41) is 8.58. The minimum atomic E-state index is -3.86. The molecule has 2 N–H and O–H groups in total. The van der Waals surface area contributed by atoms with Crippen LogP contribution in [-0.2, 0) is 14.8 Å². The molecule has 0 aliphatic carbocycles. The van der Waals surface area contributed by atoms with Crippen molar-refractivity contribution < 1.29 is 31.9 Å². The summed E-state index contributed by atoms with van der Waals surface area (Å²) in [4.78, 5) is 22.8. The predicted molar refractivity (Wildman–Crippen MR) is 111 cm³/mol. The van der Waals surface area contributed by atoms with E-state index < -0.39 is 16.0 Å². The molecule has 0 atom stereocenters. The van der Waals surface area contributed by atoms with Gasteiger partial charge in [-0.3, -0.25) is 9.59 Å². The molecular formula is C22H18FNO6S. The van der Waals surface area contributed by atoms with Crippen LogP contribution in [0.4, 0.5) is 4.39 Å². The van der Waals surface area contributed by atoms with Gasteiger partial charge in [0.25, 0.3) is 0 Å². The third-order valence-corrected chi connectivity index (χ3v) is 5.71. The fraction of sp³-hybridized carbons (Fsp3) is 0.0909. The van der Waals surface area contributed by atoms with Crippen LogP contribution >= 0.6 is 0 Å². The lowest BCUT2D eigenvalue weighted by Gasteiger charge is -2.06. The second kappa shape index (κ2) is 9.50. The Morgan fingerprint density at radius 1 is 1.00 bits per heavy atom. The van der Waals surface area contributed by atoms with E-state index in [0.29, 0.717) is 17.1 Å². The van der Waals surface area contributed by atoms with Crippen molar-refractivity contribution in [2.45, 2.75) is 11.3 Å². The van der Waals surface area contributed by atoms with Crippen molar-refractivity contribution in [3.63, 3.8) is 0 Å². The third kappa shape index (κ3) is 5.97. The number of carbonyl (C=O) groups is 2. The van der Waals surface area contributed by atoms with Crippen molar-refractivity contribution in [3.8, 4) is 11.3 Å². The number of aliphatic carboxylic acids is 1. The average Bonchev–Trinajstić information content (AvgIpc) is 3.21. The standard InChI is InChI=1S/C22H18FNO6S/c23-17-5-1-16(2-6-17)21-12-8-18(30-21)7-11-20(25)15-3-9-19(10-4-15)31(28,29)24-14-13-22(26)27/h1-12,24H,13-14H2,(H,26,27)/b11-7+. The van der Waals surface area contributed by atoms with Crippen LogP contribution in [0.3, 0.4) is 0 Å². The maximum absolute atomic E-state index is 13.0. The van der Waals surface area contributed by atoms with Gasteiger partial charge in [0, 0.05) is 17.7 Å². The van der Waals surface area contributed by atoms with E-state index in [9.17, 15) is 22.4 Å². The second-order valence-corrected chi connectivity index (χ2v) is 8.24. The van der Waals surface area contributed by atoms with E-state index in [1.165, 1.54) is 48.6 Å². The van der Waals surface area contributed by atoms with E-state index in [1.54, 1.807) is 24.3 Å². The minimum absolute atomic E-state index is 0.0756. The minimum Gasteiger partial charge on any atom is -0.481 e. The number of hydrogen-bond donors (Lipinski definition) is 2. The van der Waals surface area contributed by atoms with Gasteiger partial charge in [-0.25, -0.2) is 17.5 Å². The fourth-order valence-electron chi connectivity index (χ4n) is 2.64.